The molecule has 0 aliphatic rings. The molecule has 0 bridgehead atoms. The summed E-state index contributed by atoms with van der Waals surface area (Å²) in [5.74, 6) is 0.260. The summed E-state index contributed by atoms with van der Waals surface area (Å²) in [7, 11) is 1.57. The molecule has 23 heavy (non-hydrogen) atoms. The van der Waals surface area contributed by atoms with Gasteiger partial charge in [-0.3, -0.25) is 4.79 Å². The van der Waals surface area contributed by atoms with Crippen LogP contribution in [0, 0.1) is 0 Å². The minimum atomic E-state index is -0.605. The summed E-state index contributed by atoms with van der Waals surface area (Å²) >= 11 is 1.55. The Morgan fingerprint density at radius 2 is 1.83 bits per heavy atom. The second-order valence-corrected chi connectivity index (χ2v) is 5.51. The molecule has 1 aromatic heterocycles. The van der Waals surface area contributed by atoms with Crippen molar-refractivity contribution in [1.82, 2.24) is 5.32 Å². The van der Waals surface area contributed by atoms with Crippen molar-refractivity contribution in [2.45, 2.75) is 6.54 Å². The number of benzene rings is 1. The van der Waals surface area contributed by atoms with Gasteiger partial charge < -0.3 is 19.5 Å². The third-order valence-corrected chi connectivity index (χ3v) is 3.70. The van der Waals surface area contributed by atoms with Crippen LogP contribution in [0.25, 0.3) is 0 Å². The number of amides is 1. The van der Waals surface area contributed by atoms with Crippen molar-refractivity contribution in [2.24, 2.45) is 0 Å². The number of rotatable bonds is 8. The van der Waals surface area contributed by atoms with Crippen molar-refractivity contribution in [3.05, 3.63) is 46.7 Å². The molecule has 1 N–H and O–H groups in total. The average molecular weight is 335 g/mol. The van der Waals surface area contributed by atoms with Gasteiger partial charge in [0.1, 0.15) is 11.5 Å². The quantitative estimate of drug-likeness (QED) is 0.747. The molecule has 0 atom stereocenters. The Bertz CT molecular complexity index is 624. The molecule has 2 rings (SSSR count). The predicted molar refractivity (Wildman–Crippen MR) is 85.6 cm³/mol. The van der Waals surface area contributed by atoms with Gasteiger partial charge in [-0.15, -0.1) is 11.3 Å². The minimum absolute atomic E-state index is 0.259. The van der Waals surface area contributed by atoms with Crippen LogP contribution in [0.2, 0.25) is 0 Å². The molecular formula is C16H17NO5S. The molecule has 0 saturated carbocycles. The summed E-state index contributed by atoms with van der Waals surface area (Å²) in [5.41, 5.74) is 0. The molecule has 0 radical (unpaired) electrons. The average Bonchev–Trinajstić information content (AvgIpc) is 3.10. The molecular weight excluding hydrogens is 318 g/mol. The smallest absolute Gasteiger partial charge is 0.344 e. The van der Waals surface area contributed by atoms with Gasteiger partial charge in [-0.25, -0.2) is 4.79 Å². The van der Waals surface area contributed by atoms with Crippen LogP contribution in [-0.4, -0.2) is 32.2 Å². The Morgan fingerprint density at radius 1 is 1.09 bits per heavy atom. The highest BCUT2D eigenvalue weighted by Crippen LogP contribution is 2.16. The van der Waals surface area contributed by atoms with Crippen molar-refractivity contribution < 1.29 is 23.8 Å². The van der Waals surface area contributed by atoms with Crippen LogP contribution < -0.4 is 14.8 Å². The minimum Gasteiger partial charge on any atom is -0.497 e. The van der Waals surface area contributed by atoms with Crippen LogP contribution in [-0.2, 0) is 20.9 Å². The van der Waals surface area contributed by atoms with Crippen LogP contribution in [0.15, 0.2) is 41.8 Å². The maximum Gasteiger partial charge on any atom is 0.344 e. The number of carbonyl (C=O) groups is 2. The van der Waals surface area contributed by atoms with Crippen molar-refractivity contribution in [3.63, 3.8) is 0 Å². The van der Waals surface area contributed by atoms with Gasteiger partial charge in [-0.1, -0.05) is 6.07 Å². The number of hydrogen-bond acceptors (Lipinski definition) is 6. The second kappa shape index (κ2) is 8.79. The van der Waals surface area contributed by atoms with E-state index in [2.05, 4.69) is 5.32 Å². The third kappa shape index (κ3) is 5.99. The number of hydrogen-bond donors (Lipinski definition) is 1. The molecule has 0 unspecified atom stereocenters. The first-order valence-electron chi connectivity index (χ1n) is 6.89. The lowest BCUT2D eigenvalue weighted by molar-refractivity contribution is -0.150. The van der Waals surface area contributed by atoms with Crippen LogP contribution in [0.4, 0.5) is 0 Å². The van der Waals surface area contributed by atoms with Crippen LogP contribution >= 0.6 is 11.3 Å². The SMILES string of the molecule is COc1ccc(OCC(=O)OCC(=O)NCc2cccs2)cc1. The summed E-state index contributed by atoms with van der Waals surface area (Å²) in [5, 5.41) is 4.60. The van der Waals surface area contributed by atoms with E-state index in [1.165, 1.54) is 0 Å². The first-order valence-corrected chi connectivity index (χ1v) is 7.77. The first-order chi connectivity index (χ1) is 11.2. The van der Waals surface area contributed by atoms with Gasteiger partial charge in [0.15, 0.2) is 13.2 Å². The Labute approximate surface area is 138 Å². The molecule has 0 aliphatic heterocycles. The number of thiophene rings is 1. The standard InChI is InChI=1S/C16H17NO5S/c1-20-12-4-6-13(7-5-12)21-11-16(19)22-10-15(18)17-9-14-3-2-8-23-14/h2-8H,9-11H2,1H3,(H,17,18). The highest BCUT2D eigenvalue weighted by Gasteiger charge is 2.08. The number of carbonyl (C=O) groups excluding carboxylic acids is 2. The highest BCUT2D eigenvalue weighted by molar-refractivity contribution is 7.09. The third-order valence-electron chi connectivity index (χ3n) is 2.82. The molecule has 0 fully saturated rings. The van der Waals surface area contributed by atoms with Crippen LogP contribution in [0.3, 0.4) is 0 Å². The number of nitrogens with one attached hydrogen (secondary N) is 1. The lowest BCUT2D eigenvalue weighted by Crippen LogP contribution is -2.29. The van der Waals surface area contributed by atoms with Gasteiger partial charge in [-0.05, 0) is 35.7 Å². The fraction of sp³-hybridized carbons (Fsp3) is 0.250. The molecule has 122 valence electrons. The van der Waals surface area contributed by atoms with E-state index in [1.54, 1.807) is 42.7 Å². The van der Waals surface area contributed by atoms with Crippen LogP contribution in [0.5, 0.6) is 11.5 Å². The molecule has 2 aromatic rings. The van der Waals surface area contributed by atoms with Gasteiger partial charge in [0.2, 0.25) is 0 Å². The number of methoxy groups -OCH3 is 1. The zero-order chi connectivity index (χ0) is 16.5. The maximum atomic E-state index is 11.5. The number of ether oxygens (including phenoxy) is 3. The van der Waals surface area contributed by atoms with E-state index >= 15 is 0 Å². The topological polar surface area (TPSA) is 73.9 Å². The van der Waals surface area contributed by atoms with Gasteiger partial charge in [0.05, 0.1) is 13.7 Å². The van der Waals surface area contributed by atoms with E-state index in [0.717, 1.165) is 4.88 Å². The van der Waals surface area contributed by atoms with Gasteiger partial charge in [0, 0.05) is 4.88 Å². The summed E-state index contributed by atoms with van der Waals surface area (Å²) in [6.07, 6.45) is 0. The van der Waals surface area contributed by atoms with E-state index in [4.69, 9.17) is 14.2 Å². The van der Waals surface area contributed by atoms with E-state index < -0.39 is 5.97 Å². The van der Waals surface area contributed by atoms with Crippen LogP contribution in [0.1, 0.15) is 4.88 Å². The summed E-state index contributed by atoms with van der Waals surface area (Å²) in [6, 6.07) is 10.6. The highest BCUT2D eigenvalue weighted by atomic mass is 32.1. The van der Waals surface area contributed by atoms with E-state index in [0.29, 0.717) is 18.0 Å². The number of esters is 1. The molecule has 0 saturated heterocycles. The summed E-state index contributed by atoms with van der Waals surface area (Å²) in [4.78, 5) is 24.1. The molecule has 0 spiro atoms. The van der Waals surface area contributed by atoms with E-state index in [1.807, 2.05) is 17.5 Å². The Morgan fingerprint density at radius 3 is 2.48 bits per heavy atom. The van der Waals surface area contributed by atoms with Crippen molar-refractivity contribution in [1.29, 1.82) is 0 Å². The molecule has 6 nitrogen and oxygen atoms in total. The first kappa shape index (κ1) is 16.8. The maximum absolute atomic E-state index is 11.5. The molecule has 1 heterocycles. The summed E-state index contributed by atoms with van der Waals surface area (Å²) < 4.78 is 15.1. The molecule has 7 heteroatoms. The van der Waals surface area contributed by atoms with Crippen molar-refractivity contribution in [3.8, 4) is 11.5 Å². The Hall–Kier alpha value is -2.54. The fourth-order valence-electron chi connectivity index (χ4n) is 1.65. The van der Waals surface area contributed by atoms with E-state index in [-0.39, 0.29) is 19.1 Å². The lowest BCUT2D eigenvalue weighted by Gasteiger charge is -2.08. The van der Waals surface area contributed by atoms with Crippen molar-refractivity contribution in [2.75, 3.05) is 20.3 Å². The molecule has 1 aromatic carbocycles. The zero-order valence-corrected chi connectivity index (χ0v) is 13.4. The second-order valence-electron chi connectivity index (χ2n) is 4.48. The molecule has 0 aliphatic carbocycles. The van der Waals surface area contributed by atoms with Gasteiger partial charge >= 0.3 is 5.97 Å². The van der Waals surface area contributed by atoms with Gasteiger partial charge in [-0.2, -0.15) is 0 Å². The van der Waals surface area contributed by atoms with Gasteiger partial charge in [0.25, 0.3) is 5.91 Å². The monoisotopic (exact) mass is 335 g/mol. The largest absolute Gasteiger partial charge is 0.497 e. The Kier molecular flexibility index (Phi) is 6.43. The van der Waals surface area contributed by atoms with Crippen molar-refractivity contribution >= 4 is 23.2 Å². The lowest BCUT2D eigenvalue weighted by atomic mass is 10.3. The van der Waals surface area contributed by atoms with E-state index in [9.17, 15) is 9.59 Å². The summed E-state index contributed by atoms with van der Waals surface area (Å²) in [6.45, 7) is -0.156. The Balaban J connectivity index is 1.63. The molecule has 1 amide bonds. The zero-order valence-electron chi connectivity index (χ0n) is 12.6. The normalized spacial score (nSPS) is 9.96. The predicted octanol–water partition coefficient (Wildman–Crippen LogP) is 2.00. The fourth-order valence-corrected chi connectivity index (χ4v) is 2.30.